The second-order valence-electron chi connectivity index (χ2n) is 4.09. The Morgan fingerprint density at radius 1 is 1.00 bits per heavy atom. The van der Waals surface area contributed by atoms with Crippen molar-refractivity contribution in [3.8, 4) is 6.07 Å². The fourth-order valence-corrected chi connectivity index (χ4v) is 1.66. The number of benzene rings is 2. The van der Waals surface area contributed by atoms with Crippen LogP contribution in [-0.2, 0) is 0 Å². The molecule has 20 heavy (non-hydrogen) atoms. The number of carbonyl (C=O) groups is 1. The molecule has 1 N–H and O–H groups in total. The number of rotatable bonds is 3. The minimum atomic E-state index is -0.895. The van der Waals surface area contributed by atoms with Gasteiger partial charge >= 0.3 is 0 Å². The Morgan fingerprint density at radius 2 is 1.50 bits per heavy atom. The zero-order valence-electron chi connectivity index (χ0n) is 10.3. The predicted octanol–water partition coefficient (Wildman–Crippen LogP) is 2.96. The summed E-state index contributed by atoms with van der Waals surface area (Å²) in [6.45, 7) is 0. The molecule has 0 spiro atoms. The summed E-state index contributed by atoms with van der Waals surface area (Å²) in [6, 6.07) is 11.3. The predicted molar refractivity (Wildman–Crippen MR) is 68.6 cm³/mol. The monoisotopic (exact) mass is 272 g/mol. The molecule has 0 aromatic heterocycles. The van der Waals surface area contributed by atoms with Crippen molar-refractivity contribution in [1.29, 1.82) is 5.26 Å². The van der Waals surface area contributed by atoms with Gasteiger partial charge in [-0.3, -0.25) is 4.79 Å². The van der Waals surface area contributed by atoms with E-state index in [0.29, 0.717) is 5.56 Å². The van der Waals surface area contributed by atoms with E-state index in [1.807, 2.05) is 6.07 Å². The minimum absolute atomic E-state index is 0.244. The highest BCUT2D eigenvalue weighted by atomic mass is 19.1. The van der Waals surface area contributed by atoms with Gasteiger partial charge in [0.15, 0.2) is 0 Å². The van der Waals surface area contributed by atoms with Crippen LogP contribution in [0.15, 0.2) is 48.5 Å². The number of nitriles is 1. The first kappa shape index (κ1) is 13.7. The van der Waals surface area contributed by atoms with Crippen molar-refractivity contribution in [3.63, 3.8) is 0 Å². The maximum Gasteiger partial charge on any atom is 0.252 e. The molecule has 100 valence electrons. The van der Waals surface area contributed by atoms with Gasteiger partial charge in [0.05, 0.1) is 6.07 Å². The Labute approximate surface area is 114 Å². The smallest absolute Gasteiger partial charge is 0.252 e. The van der Waals surface area contributed by atoms with Crippen LogP contribution in [0.1, 0.15) is 22.0 Å². The van der Waals surface area contributed by atoms with Crippen molar-refractivity contribution >= 4 is 5.91 Å². The Bertz CT molecular complexity index is 645. The van der Waals surface area contributed by atoms with Crippen molar-refractivity contribution in [2.24, 2.45) is 0 Å². The number of hydrogen-bond donors (Lipinski definition) is 1. The van der Waals surface area contributed by atoms with Gasteiger partial charge < -0.3 is 5.32 Å². The number of amides is 1. The van der Waals surface area contributed by atoms with E-state index >= 15 is 0 Å². The number of halogens is 2. The van der Waals surface area contributed by atoms with E-state index in [1.54, 1.807) is 0 Å². The van der Waals surface area contributed by atoms with E-state index in [2.05, 4.69) is 5.32 Å². The second-order valence-corrected chi connectivity index (χ2v) is 4.09. The SMILES string of the molecule is N#CC(NC(=O)c1ccc(F)cc1)c1ccc(F)cc1. The second kappa shape index (κ2) is 5.93. The van der Waals surface area contributed by atoms with Crippen LogP contribution in [0.4, 0.5) is 8.78 Å². The van der Waals surface area contributed by atoms with Crippen LogP contribution in [0.25, 0.3) is 0 Å². The zero-order chi connectivity index (χ0) is 14.5. The zero-order valence-corrected chi connectivity index (χ0v) is 10.3. The van der Waals surface area contributed by atoms with Gasteiger partial charge in [0.25, 0.3) is 5.91 Å². The summed E-state index contributed by atoms with van der Waals surface area (Å²) >= 11 is 0. The molecule has 0 heterocycles. The van der Waals surface area contributed by atoms with Crippen LogP contribution in [0.2, 0.25) is 0 Å². The molecular weight excluding hydrogens is 262 g/mol. The lowest BCUT2D eigenvalue weighted by atomic mass is 10.1. The van der Waals surface area contributed by atoms with E-state index < -0.39 is 23.6 Å². The van der Waals surface area contributed by atoms with Crippen LogP contribution in [-0.4, -0.2) is 5.91 Å². The van der Waals surface area contributed by atoms with Crippen LogP contribution < -0.4 is 5.32 Å². The van der Waals surface area contributed by atoms with Gasteiger partial charge in [-0.15, -0.1) is 0 Å². The molecule has 3 nitrogen and oxygen atoms in total. The highest BCUT2D eigenvalue weighted by Gasteiger charge is 2.15. The average Bonchev–Trinajstić information content (AvgIpc) is 2.46. The Morgan fingerprint density at radius 3 is 2.00 bits per heavy atom. The normalized spacial score (nSPS) is 11.4. The van der Waals surface area contributed by atoms with Gasteiger partial charge in [-0.05, 0) is 42.0 Å². The van der Waals surface area contributed by atoms with E-state index in [4.69, 9.17) is 5.26 Å². The molecule has 0 aliphatic heterocycles. The molecule has 2 aromatic rings. The van der Waals surface area contributed by atoms with Gasteiger partial charge in [0.2, 0.25) is 0 Å². The highest BCUT2D eigenvalue weighted by Crippen LogP contribution is 2.14. The van der Waals surface area contributed by atoms with Gasteiger partial charge in [-0.1, -0.05) is 12.1 Å². The van der Waals surface area contributed by atoms with E-state index in [-0.39, 0.29) is 5.56 Å². The molecule has 1 atom stereocenters. The molecule has 0 radical (unpaired) electrons. The Kier molecular flexibility index (Phi) is 4.06. The van der Waals surface area contributed by atoms with Crippen molar-refractivity contribution in [3.05, 3.63) is 71.3 Å². The molecule has 1 amide bonds. The average molecular weight is 272 g/mol. The topological polar surface area (TPSA) is 52.9 Å². The van der Waals surface area contributed by atoms with Crippen molar-refractivity contribution < 1.29 is 13.6 Å². The highest BCUT2D eigenvalue weighted by molar-refractivity contribution is 5.94. The van der Waals surface area contributed by atoms with Crippen LogP contribution in [0.3, 0.4) is 0 Å². The summed E-state index contributed by atoms with van der Waals surface area (Å²) in [4.78, 5) is 11.9. The summed E-state index contributed by atoms with van der Waals surface area (Å²) in [6.07, 6.45) is 0. The van der Waals surface area contributed by atoms with Crippen molar-refractivity contribution in [2.75, 3.05) is 0 Å². The third-order valence-electron chi connectivity index (χ3n) is 2.71. The Balaban J connectivity index is 2.14. The van der Waals surface area contributed by atoms with Gasteiger partial charge in [-0.25, -0.2) is 8.78 Å². The first-order chi connectivity index (χ1) is 9.60. The largest absolute Gasteiger partial charge is 0.333 e. The van der Waals surface area contributed by atoms with Gasteiger partial charge in [-0.2, -0.15) is 5.26 Å². The van der Waals surface area contributed by atoms with Crippen LogP contribution >= 0.6 is 0 Å². The van der Waals surface area contributed by atoms with Crippen LogP contribution in [0, 0.1) is 23.0 Å². The molecule has 0 aliphatic rings. The van der Waals surface area contributed by atoms with E-state index in [1.165, 1.54) is 36.4 Å². The third-order valence-corrected chi connectivity index (χ3v) is 2.71. The third kappa shape index (κ3) is 3.18. The first-order valence-corrected chi connectivity index (χ1v) is 5.81. The Hall–Kier alpha value is -2.74. The molecule has 0 bridgehead atoms. The van der Waals surface area contributed by atoms with Crippen molar-refractivity contribution in [2.45, 2.75) is 6.04 Å². The first-order valence-electron chi connectivity index (χ1n) is 5.81. The fraction of sp³-hybridized carbons (Fsp3) is 0.0667. The maximum atomic E-state index is 12.8. The van der Waals surface area contributed by atoms with E-state index in [0.717, 1.165) is 12.1 Å². The lowest BCUT2D eigenvalue weighted by molar-refractivity contribution is 0.0945. The summed E-state index contributed by atoms with van der Waals surface area (Å²) in [5, 5.41) is 11.6. The number of nitrogens with zero attached hydrogens (tertiary/aromatic N) is 1. The molecule has 2 aromatic carbocycles. The molecular formula is C15H10F2N2O. The molecule has 0 saturated carbocycles. The van der Waals surface area contributed by atoms with Crippen LogP contribution in [0.5, 0.6) is 0 Å². The number of nitrogens with one attached hydrogen (secondary N) is 1. The lowest BCUT2D eigenvalue weighted by Gasteiger charge is -2.12. The quantitative estimate of drug-likeness (QED) is 0.933. The summed E-state index contributed by atoms with van der Waals surface area (Å²) in [5.41, 5.74) is 0.720. The molecule has 5 heteroatoms. The van der Waals surface area contributed by atoms with Crippen molar-refractivity contribution in [1.82, 2.24) is 5.32 Å². The molecule has 0 fully saturated rings. The molecule has 2 rings (SSSR count). The maximum absolute atomic E-state index is 12.8. The summed E-state index contributed by atoms with van der Waals surface area (Å²) < 4.78 is 25.6. The fourth-order valence-electron chi connectivity index (χ4n) is 1.66. The van der Waals surface area contributed by atoms with Gasteiger partial charge in [0.1, 0.15) is 17.7 Å². The lowest BCUT2D eigenvalue weighted by Crippen LogP contribution is -2.27. The molecule has 1 unspecified atom stereocenters. The minimum Gasteiger partial charge on any atom is -0.333 e. The van der Waals surface area contributed by atoms with E-state index in [9.17, 15) is 13.6 Å². The summed E-state index contributed by atoms with van der Waals surface area (Å²) in [7, 11) is 0. The summed E-state index contributed by atoms with van der Waals surface area (Å²) in [5.74, 6) is -1.37. The standard InChI is InChI=1S/C15H10F2N2O/c16-12-5-1-10(2-6-12)14(9-18)19-15(20)11-3-7-13(17)8-4-11/h1-8,14H,(H,19,20). The molecule has 0 saturated heterocycles. The number of carbonyl (C=O) groups excluding carboxylic acids is 1. The molecule has 0 aliphatic carbocycles. The number of hydrogen-bond acceptors (Lipinski definition) is 2. The van der Waals surface area contributed by atoms with Gasteiger partial charge in [0, 0.05) is 5.56 Å².